The zero-order valence-corrected chi connectivity index (χ0v) is 43.5. The molecule has 4 aromatic carbocycles. The zero-order valence-electron chi connectivity index (χ0n) is 43.5. The van der Waals surface area contributed by atoms with Crippen LogP contribution in [-0.4, -0.2) is 86.7 Å². The number of alkyl halides is 3. The Morgan fingerprint density at radius 3 is 1.99 bits per heavy atom. The molecule has 1 unspecified atom stereocenters. The molecule has 0 radical (unpaired) electrons. The van der Waals surface area contributed by atoms with Crippen molar-refractivity contribution < 1.29 is 37.2 Å². The summed E-state index contributed by atoms with van der Waals surface area (Å²) in [5, 5.41) is 12.9. The summed E-state index contributed by atoms with van der Waals surface area (Å²) in [6.07, 6.45) is 0.367. The highest BCUT2D eigenvalue weighted by Crippen LogP contribution is 2.39. The quantitative estimate of drug-likeness (QED) is 0.0629. The van der Waals surface area contributed by atoms with Gasteiger partial charge in [-0.05, 0) is 144 Å². The van der Waals surface area contributed by atoms with Gasteiger partial charge in [-0.3, -0.25) is 4.79 Å². The maximum atomic E-state index is 13.4. The molecule has 6 aromatic rings. The highest BCUT2D eigenvalue weighted by Gasteiger charge is 2.33. The van der Waals surface area contributed by atoms with E-state index in [1.54, 1.807) is 41.1 Å². The van der Waals surface area contributed by atoms with Crippen molar-refractivity contribution in [1.29, 1.82) is 0 Å². The summed E-state index contributed by atoms with van der Waals surface area (Å²) in [5.74, 6) is 0.280. The summed E-state index contributed by atoms with van der Waals surface area (Å²) in [6.45, 7) is 17.6. The number of halogens is 3. The van der Waals surface area contributed by atoms with Gasteiger partial charge < -0.3 is 45.6 Å². The molecular formula is C56H67F3N10O5. The number of aryl methyl sites for hydroxylation is 1. The molecule has 1 atom stereocenters. The average Bonchev–Trinajstić information content (AvgIpc) is 3.76. The minimum Gasteiger partial charge on any atom is -0.408 e. The van der Waals surface area contributed by atoms with E-state index in [4.69, 9.17) is 15.4 Å². The van der Waals surface area contributed by atoms with Gasteiger partial charge in [0.25, 0.3) is 5.91 Å². The first-order valence-electron chi connectivity index (χ1n) is 24.6. The van der Waals surface area contributed by atoms with Crippen LogP contribution in [0.5, 0.6) is 5.75 Å². The first-order valence-corrected chi connectivity index (χ1v) is 24.6. The standard InChI is InChI=1S/C29H30F3N5O2.C27H37N5O3/c1-28(2,3)35-27(38)36-14-12-23-22(19-7-6-8-20(15-19)29(30,31)32)10-11-25(24(23)18-36)39-34-17-21-16-33-26-9-4-5-13-37(21)26;1-17-8-7-9-19(14-17)20-10-11-22(25(33)29-15-24(18(2)28)31-35-6)23-16-32(13-12-21(20)23)26(34)30-27(3,4)5/h4-11,13,15-16,34H,12,14,17-18H2,1-3H3,(H,35,38);7-11,14,18H,12-13,15-16,28H2,1-6H3,(H,29,33)(H,30,34)/b;31-24-. The number of carbonyl (C=O) groups excluding carboxylic acids is 3. The number of hydroxylamine groups is 1. The Morgan fingerprint density at radius 1 is 0.770 bits per heavy atom. The molecule has 0 bridgehead atoms. The van der Waals surface area contributed by atoms with Crippen LogP contribution in [0.1, 0.15) is 97.9 Å². The van der Waals surface area contributed by atoms with E-state index in [-0.39, 0.29) is 42.6 Å². The fourth-order valence-corrected chi connectivity index (χ4v) is 8.96. The third-order valence-corrected chi connectivity index (χ3v) is 12.5. The molecule has 74 heavy (non-hydrogen) atoms. The summed E-state index contributed by atoms with van der Waals surface area (Å²) in [5.41, 5.74) is 18.4. The molecule has 18 heteroatoms. The predicted molar refractivity (Wildman–Crippen MR) is 281 cm³/mol. The van der Waals surface area contributed by atoms with Crippen LogP contribution in [0.3, 0.4) is 0 Å². The van der Waals surface area contributed by atoms with Crippen LogP contribution in [0.25, 0.3) is 27.9 Å². The molecular weight excluding hydrogens is 950 g/mol. The molecule has 5 amide bonds. The Balaban J connectivity index is 0.000000218. The Labute approximate surface area is 430 Å². The summed E-state index contributed by atoms with van der Waals surface area (Å²) in [7, 11) is 1.45. The minimum atomic E-state index is -4.44. The van der Waals surface area contributed by atoms with Crippen molar-refractivity contribution in [1.82, 2.24) is 40.6 Å². The summed E-state index contributed by atoms with van der Waals surface area (Å²) < 4.78 is 42.2. The Kier molecular flexibility index (Phi) is 16.7. The lowest BCUT2D eigenvalue weighted by molar-refractivity contribution is -0.137. The van der Waals surface area contributed by atoms with Crippen LogP contribution in [0, 0.1) is 6.92 Å². The van der Waals surface area contributed by atoms with Crippen molar-refractivity contribution in [2.45, 2.75) is 111 Å². The summed E-state index contributed by atoms with van der Waals surface area (Å²) in [4.78, 5) is 57.9. The van der Waals surface area contributed by atoms with Crippen molar-refractivity contribution in [3.05, 3.63) is 148 Å². The van der Waals surface area contributed by atoms with E-state index in [2.05, 4.69) is 56.7 Å². The van der Waals surface area contributed by atoms with Gasteiger partial charge in [0, 0.05) is 54.1 Å². The number of nitrogens with zero attached hydrogens (tertiary/aromatic N) is 5. The molecule has 15 nitrogen and oxygen atoms in total. The van der Waals surface area contributed by atoms with Gasteiger partial charge in [-0.25, -0.2) is 14.6 Å². The van der Waals surface area contributed by atoms with E-state index in [0.29, 0.717) is 67.2 Å². The summed E-state index contributed by atoms with van der Waals surface area (Å²) in [6, 6.07) is 26.0. The number of hydrogen-bond donors (Lipinski definition) is 5. The highest BCUT2D eigenvalue weighted by atomic mass is 19.4. The zero-order chi connectivity index (χ0) is 53.5. The van der Waals surface area contributed by atoms with Gasteiger partial charge in [0.2, 0.25) is 0 Å². The number of carbonyl (C=O) groups is 3. The highest BCUT2D eigenvalue weighted by molar-refractivity contribution is 6.01. The number of urea groups is 2. The molecule has 392 valence electrons. The Hall–Kier alpha value is -7.44. The molecule has 0 fully saturated rings. The SMILES string of the molecule is CC(C)(C)NC(=O)N1CCc2c(-c3cccc(C(F)(F)F)c3)ccc(ONCc3cnc4ccccn34)c2C1.CO/N=C(/CNC(=O)c1ccc(-c2cccc(C)c2)c2c1CN(C(=O)NC(C)(C)C)CC2)C(C)N. The lowest BCUT2D eigenvalue weighted by atomic mass is 9.87. The van der Waals surface area contributed by atoms with Gasteiger partial charge in [-0.15, -0.1) is 0 Å². The number of fused-ring (bicyclic) bond motifs is 3. The maximum absolute atomic E-state index is 13.4. The van der Waals surface area contributed by atoms with Crippen molar-refractivity contribution in [2.24, 2.45) is 10.9 Å². The third-order valence-electron chi connectivity index (χ3n) is 12.5. The second kappa shape index (κ2) is 22.8. The van der Waals surface area contributed by atoms with Gasteiger partial charge in [0.05, 0.1) is 42.8 Å². The molecule has 0 saturated carbocycles. The van der Waals surface area contributed by atoms with Crippen LogP contribution >= 0.6 is 0 Å². The van der Waals surface area contributed by atoms with Gasteiger partial charge in [-0.2, -0.15) is 18.7 Å². The number of nitrogens with one attached hydrogen (secondary N) is 4. The monoisotopic (exact) mass is 1020 g/mol. The van der Waals surface area contributed by atoms with E-state index in [9.17, 15) is 27.6 Å². The van der Waals surface area contributed by atoms with Gasteiger partial charge >= 0.3 is 18.2 Å². The second-order valence-electron chi connectivity index (χ2n) is 20.7. The van der Waals surface area contributed by atoms with E-state index in [0.717, 1.165) is 56.9 Å². The first-order chi connectivity index (χ1) is 35.0. The fourth-order valence-electron chi connectivity index (χ4n) is 8.96. The summed E-state index contributed by atoms with van der Waals surface area (Å²) >= 11 is 0. The van der Waals surface area contributed by atoms with Gasteiger partial charge in [0.15, 0.2) is 5.75 Å². The number of aromatic nitrogens is 2. The molecule has 0 aliphatic carbocycles. The molecule has 2 aliphatic heterocycles. The number of nitrogens with two attached hydrogens (primary N) is 1. The number of hydrogen-bond acceptors (Lipinski definition) is 9. The number of amides is 5. The number of benzene rings is 4. The second-order valence-corrected chi connectivity index (χ2v) is 20.7. The van der Waals surface area contributed by atoms with Gasteiger partial charge in [-0.1, -0.05) is 65.3 Å². The van der Waals surface area contributed by atoms with E-state index in [1.165, 1.54) is 18.7 Å². The van der Waals surface area contributed by atoms with Crippen LogP contribution in [0.4, 0.5) is 22.8 Å². The van der Waals surface area contributed by atoms with E-state index < -0.39 is 17.3 Å². The topological polar surface area (TPSA) is 180 Å². The molecule has 2 aromatic heterocycles. The maximum Gasteiger partial charge on any atom is 0.416 e. The Morgan fingerprint density at radius 2 is 1.38 bits per heavy atom. The molecule has 8 rings (SSSR count). The lowest BCUT2D eigenvalue weighted by Gasteiger charge is -2.34. The van der Waals surface area contributed by atoms with Crippen LogP contribution in [-0.2, 0) is 43.5 Å². The van der Waals surface area contributed by atoms with Crippen molar-refractivity contribution in [2.75, 3.05) is 26.7 Å². The number of pyridine rings is 1. The predicted octanol–water partition coefficient (Wildman–Crippen LogP) is 9.58. The fraction of sp³-hybridized carbons (Fsp3) is 0.375. The number of rotatable bonds is 11. The largest absolute Gasteiger partial charge is 0.416 e. The molecule has 0 saturated heterocycles. The normalized spacial score (nSPS) is 14.3. The molecule has 4 heterocycles. The number of oxime groups is 1. The van der Waals surface area contributed by atoms with Crippen LogP contribution in [0.2, 0.25) is 0 Å². The van der Waals surface area contributed by atoms with Crippen LogP contribution < -0.4 is 32.0 Å². The molecule has 6 N–H and O–H groups in total. The van der Waals surface area contributed by atoms with Crippen molar-refractivity contribution in [3.63, 3.8) is 0 Å². The third kappa shape index (κ3) is 13.6. The molecule has 0 spiro atoms. The molecule has 2 aliphatic rings. The van der Waals surface area contributed by atoms with Crippen molar-refractivity contribution >= 4 is 29.3 Å². The van der Waals surface area contributed by atoms with Crippen LogP contribution in [0.15, 0.2) is 109 Å². The average molecular weight is 1020 g/mol. The smallest absolute Gasteiger partial charge is 0.408 e. The van der Waals surface area contributed by atoms with Gasteiger partial charge in [0.1, 0.15) is 12.8 Å². The van der Waals surface area contributed by atoms with E-state index >= 15 is 0 Å². The van der Waals surface area contributed by atoms with Crippen molar-refractivity contribution in [3.8, 4) is 28.0 Å². The lowest BCUT2D eigenvalue weighted by Crippen LogP contribution is -2.50. The van der Waals surface area contributed by atoms with E-state index in [1.807, 2.05) is 88.5 Å². The first kappa shape index (κ1) is 54.3. The number of imidazole rings is 1. The Bertz CT molecular complexity index is 3030. The minimum absolute atomic E-state index is 0.137.